The van der Waals surface area contributed by atoms with Crippen LogP contribution in [0.4, 0.5) is 5.69 Å². The van der Waals surface area contributed by atoms with Crippen LogP contribution in [-0.4, -0.2) is 0 Å². The van der Waals surface area contributed by atoms with Crippen LogP contribution < -0.4 is 10.6 Å². The summed E-state index contributed by atoms with van der Waals surface area (Å²) in [6.45, 7) is 0. The highest BCUT2D eigenvalue weighted by Crippen LogP contribution is 2.00. The topological polar surface area (TPSA) is 48.3 Å². The Morgan fingerprint density at radius 3 is 2.44 bits per heavy atom. The van der Waals surface area contributed by atoms with Gasteiger partial charge in [0, 0.05) is 5.69 Å². The van der Waals surface area contributed by atoms with Crippen LogP contribution in [0.3, 0.4) is 0 Å². The van der Waals surface area contributed by atoms with E-state index in [2.05, 4.69) is 5.43 Å². The smallest absolute Gasteiger partial charge is 0.0104 e. The number of hydrogen-bond donors (Lipinski definition) is 2. The lowest BCUT2D eigenvalue weighted by molar-refractivity contribution is -0.444. The van der Waals surface area contributed by atoms with Gasteiger partial charge in [-0.25, -0.2) is 0 Å². The van der Waals surface area contributed by atoms with E-state index in [1.165, 1.54) is 0 Å². The molecule has 0 unspecified atom stereocenters. The highest BCUT2D eigenvalue weighted by molar-refractivity contribution is 5.39. The number of benzene rings is 1. The fourth-order valence-corrected chi connectivity index (χ4v) is 0.586. The van der Waals surface area contributed by atoms with Gasteiger partial charge in [0.25, 0.3) is 0 Å². The summed E-state index contributed by atoms with van der Waals surface area (Å²) in [6, 6.07) is 9.33. The third-order valence-electron chi connectivity index (χ3n) is 0.974. The van der Waals surface area contributed by atoms with Crippen LogP contribution in [0.25, 0.3) is 5.53 Å². The number of para-hydroxylation sites is 1. The lowest BCUT2D eigenvalue weighted by atomic mass is 10.3. The summed E-state index contributed by atoms with van der Waals surface area (Å²) in [4.78, 5) is 0. The Bertz CT molecular complexity index is 183. The summed E-state index contributed by atoms with van der Waals surface area (Å²) < 4.78 is 0. The van der Waals surface area contributed by atoms with Gasteiger partial charge in [-0.3, -0.25) is 5.43 Å². The molecule has 9 heavy (non-hydrogen) atoms. The minimum absolute atomic E-state index is 0.833. The zero-order valence-corrected chi connectivity index (χ0v) is 4.83. The van der Waals surface area contributed by atoms with Gasteiger partial charge in [-0.05, 0) is 0 Å². The number of hydrogen-bond acceptors (Lipinski definition) is 0. The van der Waals surface area contributed by atoms with Gasteiger partial charge in [-0.15, -0.1) is 0 Å². The maximum absolute atomic E-state index is 8.16. The number of rotatable bonds is 2. The molecule has 1 aromatic rings. The van der Waals surface area contributed by atoms with Gasteiger partial charge in [-0.2, -0.15) is 10.8 Å². The molecule has 0 saturated heterocycles. The van der Waals surface area contributed by atoms with E-state index in [4.69, 9.17) is 5.53 Å². The van der Waals surface area contributed by atoms with Crippen LogP contribution in [-0.2, 0) is 0 Å². The Balaban J connectivity index is 2.72. The second kappa shape index (κ2) is 2.81. The van der Waals surface area contributed by atoms with Crippen LogP contribution in [0.5, 0.6) is 0 Å². The van der Waals surface area contributed by atoms with E-state index in [1.807, 2.05) is 35.6 Å². The van der Waals surface area contributed by atoms with Crippen molar-refractivity contribution in [3.05, 3.63) is 35.9 Å². The molecule has 0 spiro atoms. The van der Waals surface area contributed by atoms with Crippen molar-refractivity contribution in [2.24, 2.45) is 0 Å². The molecule has 3 nitrogen and oxygen atoms in total. The number of nitrogens with zero attached hydrogens (tertiary/aromatic N) is 1. The highest BCUT2D eigenvalue weighted by Gasteiger charge is 1.78. The highest BCUT2D eigenvalue weighted by atomic mass is 15.4. The second-order valence-corrected chi connectivity index (χ2v) is 1.60. The van der Waals surface area contributed by atoms with Gasteiger partial charge in [0.05, 0.1) is 0 Å². The first-order chi connectivity index (χ1) is 4.43. The van der Waals surface area contributed by atoms with Crippen molar-refractivity contribution in [3.8, 4) is 0 Å². The van der Waals surface area contributed by atoms with Crippen LogP contribution in [0.2, 0.25) is 0 Å². The van der Waals surface area contributed by atoms with E-state index in [1.54, 1.807) is 0 Å². The van der Waals surface area contributed by atoms with E-state index in [0.29, 0.717) is 0 Å². The van der Waals surface area contributed by atoms with Crippen LogP contribution in [0, 0.1) is 0 Å². The summed E-state index contributed by atoms with van der Waals surface area (Å²) >= 11 is 0. The quantitative estimate of drug-likeness (QED) is 0.423. The maximum atomic E-state index is 8.16. The van der Waals surface area contributed by atoms with Gasteiger partial charge in [0.1, 0.15) is 0 Å². The fourth-order valence-electron chi connectivity index (χ4n) is 0.586. The van der Waals surface area contributed by atoms with Crippen molar-refractivity contribution >= 4 is 5.69 Å². The lowest BCUT2D eigenvalue weighted by Crippen LogP contribution is -2.68. The first-order valence-corrected chi connectivity index (χ1v) is 2.63. The number of anilines is 1. The molecule has 0 amide bonds. The minimum Gasteiger partial charge on any atom is -0.266 e. The molecule has 0 saturated carbocycles. The van der Waals surface area contributed by atoms with Gasteiger partial charge < -0.3 is 0 Å². The molecule has 0 aliphatic rings. The Morgan fingerprint density at radius 2 is 1.89 bits per heavy atom. The molecule has 46 valence electrons. The maximum Gasteiger partial charge on any atom is 0.0104 e. The largest absolute Gasteiger partial charge is 0.266 e. The van der Waals surface area contributed by atoms with Gasteiger partial charge in [-0.1, -0.05) is 30.3 Å². The van der Waals surface area contributed by atoms with E-state index < -0.39 is 0 Å². The molecule has 1 aromatic carbocycles. The number of nitrogens with one attached hydrogen (secondary N) is 2. The molecule has 0 aliphatic carbocycles. The second-order valence-electron chi connectivity index (χ2n) is 1.60. The van der Waals surface area contributed by atoms with Crippen molar-refractivity contribution in [1.29, 1.82) is 0 Å². The van der Waals surface area contributed by atoms with Crippen molar-refractivity contribution in [2.45, 2.75) is 0 Å². The van der Waals surface area contributed by atoms with E-state index >= 15 is 0 Å². The Kier molecular flexibility index (Phi) is 1.80. The first-order valence-electron chi connectivity index (χ1n) is 2.63. The predicted molar refractivity (Wildman–Crippen MR) is 34.4 cm³/mol. The summed E-state index contributed by atoms with van der Waals surface area (Å²) in [5.41, 5.74) is 11.5. The zero-order chi connectivity index (χ0) is 6.53. The van der Waals surface area contributed by atoms with Crippen molar-refractivity contribution in [1.82, 2.24) is 0 Å². The molecule has 2 N–H and O–H groups in total. The zero-order valence-electron chi connectivity index (χ0n) is 4.83. The van der Waals surface area contributed by atoms with Gasteiger partial charge in [0.15, 0.2) is 0 Å². The fraction of sp³-hybridized carbons (Fsp3) is 0. The molecule has 0 heterocycles. The Labute approximate surface area is 53.2 Å². The molecular formula is C6H7N3. The third-order valence-corrected chi connectivity index (χ3v) is 0.974. The summed E-state index contributed by atoms with van der Waals surface area (Å²) in [5, 5.41) is 1.83. The van der Waals surface area contributed by atoms with Gasteiger partial charge >= 0.3 is 0 Å². The van der Waals surface area contributed by atoms with Crippen molar-refractivity contribution in [3.63, 3.8) is 0 Å². The van der Waals surface area contributed by atoms with Crippen LogP contribution in [0.15, 0.2) is 30.3 Å². The third kappa shape index (κ3) is 1.53. The molecule has 0 aliphatic heterocycles. The van der Waals surface area contributed by atoms with Crippen molar-refractivity contribution in [2.75, 3.05) is 5.43 Å². The molecule has 0 bridgehead atoms. The molecule has 0 fully saturated rings. The molecule has 3 heteroatoms. The molecule has 1 rings (SSSR count). The predicted octanol–water partition coefficient (Wildman–Crippen LogP) is 0.116. The van der Waals surface area contributed by atoms with E-state index in [9.17, 15) is 0 Å². The van der Waals surface area contributed by atoms with Gasteiger partial charge in [0.2, 0.25) is 0 Å². The summed E-state index contributed by atoms with van der Waals surface area (Å²) in [6.07, 6.45) is 0. The van der Waals surface area contributed by atoms with E-state index in [0.717, 1.165) is 5.69 Å². The monoisotopic (exact) mass is 121 g/mol. The Morgan fingerprint density at radius 1 is 1.22 bits per heavy atom. The molecule has 0 atom stereocenters. The average Bonchev–Trinajstić information content (AvgIpc) is 1.91. The summed E-state index contributed by atoms with van der Waals surface area (Å²) in [5.74, 6) is 0. The average molecular weight is 121 g/mol. The standard InChI is InChI=1S/C6H7N3/c7-9-8-6-4-2-1-3-5-6/h1-5,9H,(H-,7,8). The van der Waals surface area contributed by atoms with Crippen LogP contribution >= 0.6 is 0 Å². The first kappa shape index (κ1) is 5.75. The summed E-state index contributed by atoms with van der Waals surface area (Å²) in [7, 11) is 0. The molecular weight excluding hydrogens is 114 g/mol. The normalized spacial score (nSPS) is 8.44. The SMILES string of the molecule is [N-]=[NH+]Nc1ccccc1. The molecule has 0 radical (unpaired) electrons. The van der Waals surface area contributed by atoms with Crippen molar-refractivity contribution < 1.29 is 5.22 Å². The molecule has 0 aromatic heterocycles. The van der Waals surface area contributed by atoms with Crippen LogP contribution in [0.1, 0.15) is 0 Å². The number of hydrazine groups is 1. The minimum atomic E-state index is 0.833. The Hall–Kier alpha value is -1.38. The van der Waals surface area contributed by atoms with E-state index in [-0.39, 0.29) is 0 Å². The lowest BCUT2D eigenvalue weighted by Gasteiger charge is -1.96.